The molecule has 0 unspecified atom stereocenters. The van der Waals surface area contributed by atoms with Crippen molar-refractivity contribution >= 4 is 0 Å². The van der Waals surface area contributed by atoms with E-state index in [1.165, 1.54) is 6.07 Å². The average molecular weight is 299 g/mol. The van der Waals surface area contributed by atoms with Gasteiger partial charge in [0.15, 0.2) is 0 Å². The number of nitrogens with zero attached hydrogens (tertiary/aromatic N) is 1. The van der Waals surface area contributed by atoms with Crippen molar-refractivity contribution in [1.29, 1.82) is 0 Å². The minimum absolute atomic E-state index is 0.0432. The predicted molar refractivity (Wildman–Crippen MR) is 73.5 cm³/mol. The summed E-state index contributed by atoms with van der Waals surface area (Å²) in [6.07, 6.45) is -5.58. The molecule has 1 aromatic rings. The van der Waals surface area contributed by atoms with E-state index in [0.717, 1.165) is 0 Å². The molecule has 2 rings (SSSR count). The fourth-order valence-corrected chi connectivity index (χ4v) is 2.48. The Hall–Kier alpha value is -1.22. The fraction of sp³-hybridized carbons (Fsp3) is 0.571. The van der Waals surface area contributed by atoms with E-state index < -0.39 is 37.3 Å². The topological polar surface area (TPSA) is 114 Å². The molecule has 118 valence electrons. The van der Waals surface area contributed by atoms with Crippen molar-refractivity contribution in [1.82, 2.24) is 4.90 Å². The van der Waals surface area contributed by atoms with Gasteiger partial charge in [0.2, 0.25) is 0 Å². The number of benzene rings is 1. The van der Waals surface area contributed by atoms with E-state index in [1.54, 1.807) is 30.1 Å². The minimum Gasteiger partial charge on any atom is -0.508 e. The van der Waals surface area contributed by atoms with Crippen LogP contribution in [0.25, 0.3) is 0 Å². The second-order valence-corrected chi connectivity index (χ2v) is 5.26. The number of phenols is 1. The van der Waals surface area contributed by atoms with E-state index in [2.05, 4.69) is 0 Å². The first-order valence-electron chi connectivity index (χ1n) is 6.74. The Kier molecular flexibility index (Phi) is 5.15. The van der Waals surface area contributed by atoms with E-state index in [-0.39, 0.29) is 12.3 Å². The van der Waals surface area contributed by atoms with Crippen LogP contribution in [0.3, 0.4) is 0 Å². The number of hydrogen-bond acceptors (Lipinski definition) is 7. The first-order valence-corrected chi connectivity index (χ1v) is 6.74. The van der Waals surface area contributed by atoms with Gasteiger partial charge >= 0.3 is 0 Å². The molecule has 1 aliphatic rings. The molecule has 7 nitrogen and oxygen atoms in total. The van der Waals surface area contributed by atoms with Gasteiger partial charge in [-0.15, -0.1) is 0 Å². The summed E-state index contributed by atoms with van der Waals surface area (Å²) in [6.45, 7) is -0.441. The zero-order chi connectivity index (χ0) is 15.6. The third kappa shape index (κ3) is 3.34. The Morgan fingerprint density at radius 3 is 2.62 bits per heavy atom. The number of aliphatic hydroxyl groups is 4. The first-order chi connectivity index (χ1) is 9.95. The van der Waals surface area contributed by atoms with Crippen molar-refractivity contribution in [2.24, 2.45) is 0 Å². The number of para-hydroxylation sites is 1. The smallest absolute Gasteiger partial charge is 0.140 e. The molecule has 1 fully saturated rings. The van der Waals surface area contributed by atoms with Crippen LogP contribution >= 0.6 is 0 Å². The first kappa shape index (κ1) is 16.2. The number of likely N-dealkylation sites (N-methyl/N-ethyl adjacent to an activating group) is 1. The van der Waals surface area contributed by atoms with Crippen LogP contribution in [0.4, 0.5) is 0 Å². The maximum absolute atomic E-state index is 10.0. The fourth-order valence-electron chi connectivity index (χ4n) is 2.48. The molecule has 1 saturated heterocycles. The molecule has 7 heteroatoms. The standard InChI is InChI=1S/C14H21NO6/c1-15-6-10(18)13(12(20)11(19)7-16)21-14(15)8-4-2-3-5-9(8)17/h2-5,10-14,16-20H,6-7H2,1H3/t10-,11+,12+,13+,14-/m0/s1. The molecule has 0 spiro atoms. The summed E-state index contributed by atoms with van der Waals surface area (Å²) in [5.41, 5.74) is 0.502. The molecule has 5 atom stereocenters. The molecular weight excluding hydrogens is 278 g/mol. The number of aromatic hydroxyl groups is 1. The lowest BCUT2D eigenvalue weighted by Gasteiger charge is -2.42. The van der Waals surface area contributed by atoms with Gasteiger partial charge in [-0.2, -0.15) is 0 Å². The highest BCUT2D eigenvalue weighted by Crippen LogP contribution is 2.34. The van der Waals surface area contributed by atoms with Gasteiger partial charge < -0.3 is 30.3 Å². The summed E-state index contributed by atoms with van der Waals surface area (Å²) >= 11 is 0. The van der Waals surface area contributed by atoms with Crippen molar-refractivity contribution in [3.63, 3.8) is 0 Å². The quantitative estimate of drug-likeness (QED) is 0.474. The van der Waals surface area contributed by atoms with Crippen molar-refractivity contribution < 1.29 is 30.3 Å². The van der Waals surface area contributed by atoms with Gasteiger partial charge in [-0.05, 0) is 13.1 Å². The molecule has 0 saturated carbocycles. The molecule has 21 heavy (non-hydrogen) atoms. The Bertz CT molecular complexity index is 471. The van der Waals surface area contributed by atoms with E-state index in [0.29, 0.717) is 5.56 Å². The summed E-state index contributed by atoms with van der Waals surface area (Å²) in [6, 6.07) is 6.62. The number of aliphatic hydroxyl groups excluding tert-OH is 4. The molecule has 0 aliphatic carbocycles. The van der Waals surface area contributed by atoms with Gasteiger partial charge in [0.1, 0.15) is 30.3 Å². The third-order valence-electron chi connectivity index (χ3n) is 3.66. The largest absolute Gasteiger partial charge is 0.508 e. The number of β-amino-alcohol motifs (C(OH)–C–C–N with tert-alkyl or cyclic N) is 1. The van der Waals surface area contributed by atoms with Crippen LogP contribution in [0.15, 0.2) is 24.3 Å². The summed E-state index contributed by atoms with van der Waals surface area (Å²) < 4.78 is 5.66. The second kappa shape index (κ2) is 6.69. The number of phenolic OH excluding ortho intramolecular Hbond substituents is 1. The van der Waals surface area contributed by atoms with Gasteiger partial charge in [-0.3, -0.25) is 4.90 Å². The highest BCUT2D eigenvalue weighted by Gasteiger charge is 2.41. The van der Waals surface area contributed by atoms with Crippen LogP contribution in [-0.2, 0) is 4.74 Å². The average Bonchev–Trinajstić information content (AvgIpc) is 2.47. The maximum Gasteiger partial charge on any atom is 0.140 e. The van der Waals surface area contributed by atoms with Gasteiger partial charge in [0.05, 0.1) is 12.7 Å². The highest BCUT2D eigenvalue weighted by atomic mass is 16.5. The molecular formula is C14H21NO6. The van der Waals surface area contributed by atoms with Crippen LogP contribution in [0, 0.1) is 0 Å². The van der Waals surface area contributed by atoms with Gasteiger partial charge in [-0.25, -0.2) is 0 Å². The van der Waals surface area contributed by atoms with Gasteiger partial charge in [0.25, 0.3) is 0 Å². The summed E-state index contributed by atoms with van der Waals surface area (Å²) in [4.78, 5) is 1.69. The monoisotopic (exact) mass is 299 g/mol. The number of ether oxygens (including phenoxy) is 1. The van der Waals surface area contributed by atoms with E-state index in [9.17, 15) is 20.4 Å². The van der Waals surface area contributed by atoms with Crippen LogP contribution < -0.4 is 0 Å². The lowest BCUT2D eigenvalue weighted by atomic mass is 9.99. The lowest BCUT2D eigenvalue weighted by molar-refractivity contribution is -0.228. The summed E-state index contributed by atoms with van der Waals surface area (Å²) in [5.74, 6) is 0.0432. The normalized spacial score (nSPS) is 30.0. The van der Waals surface area contributed by atoms with Gasteiger partial charge in [-0.1, -0.05) is 18.2 Å². The van der Waals surface area contributed by atoms with Crippen LogP contribution in [0.2, 0.25) is 0 Å². The molecule has 0 radical (unpaired) electrons. The van der Waals surface area contributed by atoms with Crippen LogP contribution in [0.1, 0.15) is 11.8 Å². The zero-order valence-corrected chi connectivity index (χ0v) is 11.7. The molecule has 0 bridgehead atoms. The highest BCUT2D eigenvalue weighted by molar-refractivity contribution is 5.33. The van der Waals surface area contributed by atoms with E-state index in [1.807, 2.05) is 0 Å². The molecule has 1 aromatic carbocycles. The van der Waals surface area contributed by atoms with E-state index >= 15 is 0 Å². The summed E-state index contributed by atoms with van der Waals surface area (Å²) in [5, 5.41) is 48.3. The van der Waals surface area contributed by atoms with E-state index in [4.69, 9.17) is 9.84 Å². The minimum atomic E-state index is -1.42. The van der Waals surface area contributed by atoms with Crippen molar-refractivity contribution in [3.8, 4) is 5.75 Å². The molecule has 0 amide bonds. The Balaban J connectivity index is 2.22. The van der Waals surface area contributed by atoms with Crippen LogP contribution in [0.5, 0.6) is 5.75 Å². The SMILES string of the molecule is CN1C[C@H](O)[C@H]([C@H](O)[C@H](O)CO)O[C@H]1c1ccccc1O. The number of rotatable bonds is 4. The molecule has 5 N–H and O–H groups in total. The van der Waals surface area contributed by atoms with Crippen molar-refractivity contribution in [2.45, 2.75) is 30.6 Å². The molecule has 1 heterocycles. The Labute approximate surface area is 122 Å². The number of hydrogen-bond donors (Lipinski definition) is 5. The Morgan fingerprint density at radius 1 is 1.33 bits per heavy atom. The van der Waals surface area contributed by atoms with Crippen molar-refractivity contribution in [3.05, 3.63) is 29.8 Å². The van der Waals surface area contributed by atoms with Crippen LogP contribution in [-0.4, -0.2) is 75.0 Å². The van der Waals surface area contributed by atoms with Crippen molar-refractivity contribution in [2.75, 3.05) is 20.2 Å². The summed E-state index contributed by atoms with van der Waals surface area (Å²) in [7, 11) is 1.71. The van der Waals surface area contributed by atoms with Gasteiger partial charge in [0, 0.05) is 12.1 Å². The zero-order valence-electron chi connectivity index (χ0n) is 11.7. The molecule has 0 aromatic heterocycles. The third-order valence-corrected chi connectivity index (χ3v) is 3.66. The maximum atomic E-state index is 10.0. The molecule has 1 aliphatic heterocycles. The lowest BCUT2D eigenvalue weighted by Crippen LogP contribution is -2.56. The second-order valence-electron chi connectivity index (χ2n) is 5.26. The predicted octanol–water partition coefficient (Wildman–Crippen LogP) is -1.20. The Morgan fingerprint density at radius 2 is 2.00 bits per heavy atom.